The average Bonchev–Trinajstić information content (AvgIpc) is 2.50. The number of Topliss-reactive ketones (excluding diaryl/α,β-unsaturated/α-hetero) is 1. The van der Waals surface area contributed by atoms with Gasteiger partial charge < -0.3 is 4.98 Å². The molecular weight excluding hydrogens is 238 g/mol. The summed E-state index contributed by atoms with van der Waals surface area (Å²) in [5.74, 6) is -0.0700. The lowest BCUT2D eigenvalue weighted by Crippen LogP contribution is -1.97. The van der Waals surface area contributed by atoms with Crippen LogP contribution in [-0.4, -0.2) is 25.4 Å². The largest absolute Gasteiger partial charge is 0.358 e. The van der Waals surface area contributed by atoms with Crippen LogP contribution in [0.5, 0.6) is 0 Å². The lowest BCUT2D eigenvalue weighted by molar-refractivity contribution is 0.101. The van der Waals surface area contributed by atoms with Crippen molar-refractivity contribution in [3.8, 4) is 0 Å². The van der Waals surface area contributed by atoms with Crippen LogP contribution in [0.25, 0.3) is 10.9 Å². The number of sulfone groups is 1. The second-order valence-electron chi connectivity index (χ2n) is 4.16. The molecule has 0 aliphatic heterocycles. The Bertz CT molecular complexity index is 711. The zero-order valence-electron chi connectivity index (χ0n) is 9.87. The molecule has 90 valence electrons. The molecule has 1 aromatic carbocycles. The van der Waals surface area contributed by atoms with E-state index < -0.39 is 9.84 Å². The molecule has 0 unspecified atom stereocenters. The molecule has 0 fully saturated rings. The molecule has 5 heteroatoms. The highest BCUT2D eigenvalue weighted by molar-refractivity contribution is 7.90. The summed E-state index contributed by atoms with van der Waals surface area (Å²) >= 11 is 0. The van der Waals surface area contributed by atoms with Crippen molar-refractivity contribution in [2.75, 3.05) is 6.26 Å². The maximum Gasteiger partial charge on any atom is 0.175 e. The van der Waals surface area contributed by atoms with E-state index in [1.54, 1.807) is 19.1 Å². The monoisotopic (exact) mass is 251 g/mol. The van der Waals surface area contributed by atoms with Crippen LogP contribution in [0.1, 0.15) is 23.0 Å². The Morgan fingerprint density at radius 2 is 1.94 bits per heavy atom. The number of fused-ring (bicyclic) bond motifs is 1. The van der Waals surface area contributed by atoms with Gasteiger partial charge in [0.2, 0.25) is 0 Å². The summed E-state index contributed by atoms with van der Waals surface area (Å²) in [7, 11) is -3.25. The lowest BCUT2D eigenvalue weighted by Gasteiger charge is -1.99. The molecule has 0 saturated carbocycles. The molecule has 4 nitrogen and oxygen atoms in total. The van der Waals surface area contributed by atoms with E-state index in [2.05, 4.69) is 4.98 Å². The summed E-state index contributed by atoms with van der Waals surface area (Å²) in [5, 5.41) is 0.665. The van der Waals surface area contributed by atoms with Gasteiger partial charge in [-0.1, -0.05) is 0 Å². The number of aromatic amines is 1. The highest BCUT2D eigenvalue weighted by atomic mass is 32.2. The number of rotatable bonds is 2. The van der Waals surface area contributed by atoms with Gasteiger partial charge in [0.05, 0.1) is 4.90 Å². The molecule has 0 aliphatic carbocycles. The minimum absolute atomic E-state index is 0.0700. The highest BCUT2D eigenvalue weighted by Crippen LogP contribution is 2.25. The molecule has 0 amide bonds. The number of aromatic nitrogens is 1. The summed E-state index contributed by atoms with van der Waals surface area (Å²) < 4.78 is 22.9. The van der Waals surface area contributed by atoms with Gasteiger partial charge in [0.25, 0.3) is 0 Å². The van der Waals surface area contributed by atoms with Crippen LogP contribution in [0.15, 0.2) is 23.1 Å². The maximum absolute atomic E-state index is 11.5. The molecule has 1 aromatic heterocycles. The van der Waals surface area contributed by atoms with Gasteiger partial charge in [-0.3, -0.25) is 4.79 Å². The Balaban J connectivity index is 2.84. The van der Waals surface area contributed by atoms with Crippen LogP contribution in [0.3, 0.4) is 0 Å². The fourth-order valence-electron chi connectivity index (χ4n) is 1.99. The van der Waals surface area contributed by atoms with Gasteiger partial charge in [-0.15, -0.1) is 0 Å². The molecule has 0 bridgehead atoms. The van der Waals surface area contributed by atoms with Crippen molar-refractivity contribution in [2.45, 2.75) is 18.7 Å². The first-order chi connectivity index (χ1) is 7.80. The number of hydrogen-bond acceptors (Lipinski definition) is 3. The standard InChI is InChI=1S/C12H13NO3S/c1-7-12(8(2)14)10-6-9(17(3,15)16)4-5-11(10)13-7/h4-6,13H,1-3H3. The van der Waals surface area contributed by atoms with Gasteiger partial charge in [0, 0.05) is 28.4 Å². The molecule has 1 heterocycles. The van der Waals surface area contributed by atoms with Crippen molar-refractivity contribution in [2.24, 2.45) is 0 Å². The van der Waals surface area contributed by atoms with Crippen molar-refractivity contribution >= 4 is 26.5 Å². The summed E-state index contributed by atoms with van der Waals surface area (Å²) in [5.41, 5.74) is 2.10. The van der Waals surface area contributed by atoms with Crippen molar-refractivity contribution in [1.82, 2.24) is 4.98 Å². The van der Waals surface area contributed by atoms with Gasteiger partial charge in [0.1, 0.15) is 0 Å². The lowest BCUT2D eigenvalue weighted by atomic mass is 10.1. The Morgan fingerprint density at radius 1 is 1.29 bits per heavy atom. The Labute approximate surface area is 99.6 Å². The van der Waals surface area contributed by atoms with Crippen LogP contribution in [0.2, 0.25) is 0 Å². The SMILES string of the molecule is CC(=O)c1c(C)[nH]c2ccc(S(C)(=O)=O)cc12. The first-order valence-electron chi connectivity index (χ1n) is 5.14. The summed E-state index contributed by atoms with van der Waals surface area (Å²) in [6, 6.07) is 4.77. The number of nitrogens with one attached hydrogen (secondary N) is 1. The first kappa shape index (κ1) is 11.9. The van der Waals surface area contributed by atoms with Gasteiger partial charge >= 0.3 is 0 Å². The maximum atomic E-state index is 11.5. The zero-order chi connectivity index (χ0) is 12.8. The molecule has 0 aliphatic rings. The fourth-order valence-corrected chi connectivity index (χ4v) is 2.64. The van der Waals surface area contributed by atoms with E-state index in [4.69, 9.17) is 0 Å². The molecular formula is C12H13NO3S. The number of hydrogen-bond donors (Lipinski definition) is 1. The molecule has 0 spiro atoms. The molecule has 0 atom stereocenters. The summed E-state index contributed by atoms with van der Waals surface area (Å²) in [4.78, 5) is 14.8. The van der Waals surface area contributed by atoms with Crippen LogP contribution >= 0.6 is 0 Å². The van der Waals surface area contributed by atoms with E-state index in [0.717, 1.165) is 17.5 Å². The number of benzene rings is 1. The van der Waals surface area contributed by atoms with Gasteiger partial charge in [-0.25, -0.2) is 8.42 Å². The Hall–Kier alpha value is -1.62. The second-order valence-corrected chi connectivity index (χ2v) is 6.18. The minimum atomic E-state index is -3.25. The molecule has 2 rings (SSSR count). The van der Waals surface area contributed by atoms with E-state index in [9.17, 15) is 13.2 Å². The number of H-pyrrole nitrogens is 1. The first-order valence-corrected chi connectivity index (χ1v) is 7.03. The van der Waals surface area contributed by atoms with Crippen molar-refractivity contribution in [3.05, 3.63) is 29.5 Å². The fraction of sp³-hybridized carbons (Fsp3) is 0.250. The minimum Gasteiger partial charge on any atom is -0.358 e. The zero-order valence-corrected chi connectivity index (χ0v) is 10.7. The van der Waals surface area contributed by atoms with E-state index in [0.29, 0.717) is 10.9 Å². The number of ketones is 1. The normalized spacial score (nSPS) is 11.9. The Kier molecular flexibility index (Phi) is 2.58. The molecule has 1 N–H and O–H groups in total. The molecule has 2 aromatic rings. The topological polar surface area (TPSA) is 67.0 Å². The molecule has 17 heavy (non-hydrogen) atoms. The average molecular weight is 251 g/mol. The summed E-state index contributed by atoms with van der Waals surface area (Å²) in [6.07, 6.45) is 1.15. The third-order valence-electron chi connectivity index (χ3n) is 2.74. The number of carbonyl (C=O) groups is 1. The second kappa shape index (κ2) is 3.70. The van der Waals surface area contributed by atoms with E-state index >= 15 is 0 Å². The van der Waals surface area contributed by atoms with Crippen LogP contribution < -0.4 is 0 Å². The predicted molar refractivity (Wildman–Crippen MR) is 66.2 cm³/mol. The van der Waals surface area contributed by atoms with E-state index in [-0.39, 0.29) is 10.7 Å². The third-order valence-corrected chi connectivity index (χ3v) is 3.85. The van der Waals surface area contributed by atoms with Crippen molar-refractivity contribution in [1.29, 1.82) is 0 Å². The molecule has 0 radical (unpaired) electrons. The van der Waals surface area contributed by atoms with E-state index in [1.807, 2.05) is 0 Å². The summed E-state index contributed by atoms with van der Waals surface area (Å²) in [6.45, 7) is 3.28. The van der Waals surface area contributed by atoms with Crippen LogP contribution in [0, 0.1) is 6.92 Å². The van der Waals surface area contributed by atoms with Gasteiger partial charge in [-0.05, 0) is 32.0 Å². The number of aryl methyl sites for hydroxylation is 1. The van der Waals surface area contributed by atoms with E-state index in [1.165, 1.54) is 13.0 Å². The van der Waals surface area contributed by atoms with Crippen molar-refractivity contribution in [3.63, 3.8) is 0 Å². The highest BCUT2D eigenvalue weighted by Gasteiger charge is 2.15. The van der Waals surface area contributed by atoms with Gasteiger partial charge in [0.15, 0.2) is 15.6 Å². The number of carbonyl (C=O) groups excluding carboxylic acids is 1. The smallest absolute Gasteiger partial charge is 0.175 e. The Morgan fingerprint density at radius 3 is 2.47 bits per heavy atom. The van der Waals surface area contributed by atoms with Crippen LogP contribution in [0.4, 0.5) is 0 Å². The van der Waals surface area contributed by atoms with Gasteiger partial charge in [-0.2, -0.15) is 0 Å². The predicted octanol–water partition coefficient (Wildman–Crippen LogP) is 2.08. The third kappa shape index (κ3) is 1.98. The quantitative estimate of drug-likeness (QED) is 0.831. The van der Waals surface area contributed by atoms with Crippen LogP contribution in [-0.2, 0) is 9.84 Å². The van der Waals surface area contributed by atoms with Crippen molar-refractivity contribution < 1.29 is 13.2 Å². The molecule has 0 saturated heterocycles.